The molecule has 0 radical (unpaired) electrons. The summed E-state index contributed by atoms with van der Waals surface area (Å²) in [5.74, 6) is -1.76. The minimum Gasteiger partial charge on any atom is -0.495 e. The molecular weight excluding hydrogens is 738 g/mol. The number of likely N-dealkylation sites (N-methyl/N-ethyl adjacent to an activating group) is 1. The summed E-state index contributed by atoms with van der Waals surface area (Å²) in [7, 11) is 5.97. The van der Waals surface area contributed by atoms with Crippen molar-refractivity contribution in [1.29, 1.82) is 0 Å². The number of aliphatic hydroxyl groups is 1. The van der Waals surface area contributed by atoms with Crippen LogP contribution in [0.4, 0.5) is 10.5 Å². The van der Waals surface area contributed by atoms with Crippen LogP contribution in [0, 0.1) is 5.92 Å². The van der Waals surface area contributed by atoms with E-state index in [9.17, 15) is 24.3 Å². The first-order chi connectivity index (χ1) is 25.2. The van der Waals surface area contributed by atoms with Crippen molar-refractivity contribution in [2.24, 2.45) is 5.92 Å². The van der Waals surface area contributed by atoms with Crippen LogP contribution in [0.25, 0.3) is 0 Å². The molecule has 8 atom stereocenters. The van der Waals surface area contributed by atoms with Gasteiger partial charge in [-0.05, 0) is 44.4 Å². The lowest BCUT2D eigenvalue weighted by Crippen LogP contribution is -2.63. The van der Waals surface area contributed by atoms with Crippen LogP contribution in [0.3, 0.4) is 0 Å². The molecule has 15 heteroatoms. The summed E-state index contributed by atoms with van der Waals surface area (Å²) in [4.78, 5) is 56.7. The number of esters is 1. The highest BCUT2D eigenvalue weighted by atomic mass is 35.5. The van der Waals surface area contributed by atoms with Gasteiger partial charge in [-0.2, -0.15) is 12.6 Å². The zero-order valence-electron chi connectivity index (χ0n) is 32.5. The summed E-state index contributed by atoms with van der Waals surface area (Å²) in [5.41, 5.74) is -0.994. The molecule has 13 nitrogen and oxygen atoms in total. The quantitative estimate of drug-likeness (QED) is 0.132. The molecule has 1 aromatic carbocycles. The summed E-state index contributed by atoms with van der Waals surface area (Å²) in [6.07, 6.45) is 2.67. The maximum atomic E-state index is 14.2. The third kappa shape index (κ3) is 9.81. The number of hydrogen-bond acceptors (Lipinski definition) is 11. The van der Waals surface area contributed by atoms with Crippen molar-refractivity contribution < 1.29 is 48.0 Å². The molecule has 3 aliphatic rings. The number of ether oxygens (including phenoxy) is 5. The Balaban J connectivity index is 1.76. The number of hydrogen-bond donors (Lipinski definition) is 3. The number of thiol groups is 1. The molecule has 4 rings (SSSR count). The number of anilines is 1. The van der Waals surface area contributed by atoms with Gasteiger partial charge in [-0.1, -0.05) is 62.2 Å². The van der Waals surface area contributed by atoms with Crippen LogP contribution >= 0.6 is 24.2 Å². The van der Waals surface area contributed by atoms with E-state index in [4.69, 9.17) is 35.3 Å². The van der Waals surface area contributed by atoms with Gasteiger partial charge in [0, 0.05) is 44.7 Å². The molecule has 2 saturated heterocycles. The first kappa shape index (κ1) is 43.2. The summed E-state index contributed by atoms with van der Waals surface area (Å²) < 4.78 is 28.9. The molecule has 3 amide bonds. The Kier molecular flexibility index (Phi) is 13.6. The summed E-state index contributed by atoms with van der Waals surface area (Å²) >= 11 is 11.3. The van der Waals surface area contributed by atoms with Crippen molar-refractivity contribution in [1.82, 2.24) is 10.2 Å². The molecule has 2 fully saturated rings. The van der Waals surface area contributed by atoms with Crippen LogP contribution in [0.2, 0.25) is 5.02 Å². The van der Waals surface area contributed by atoms with Crippen molar-refractivity contribution >= 4 is 53.8 Å². The minimum absolute atomic E-state index is 0.0633. The van der Waals surface area contributed by atoms with Crippen molar-refractivity contribution in [3.63, 3.8) is 0 Å². The SMILES string of the molecule is C=C[C@@H](C(=O)OC1CC(=O)N(C)c2cc(cc(OC)c2Cl)C/C(C)=C/C=C/C(OC)C2(O)CC(OC(=O)N2)C(C)C2OC12C)N(C)C(=O)CCC(C)(C)S. The normalized spacial score (nSPS) is 31.1. The lowest BCUT2D eigenvalue weighted by atomic mass is 9.83. The van der Waals surface area contributed by atoms with Crippen molar-refractivity contribution in [3.8, 4) is 5.75 Å². The predicted octanol–water partition coefficient (Wildman–Crippen LogP) is 5.17. The van der Waals surface area contributed by atoms with Gasteiger partial charge in [-0.25, -0.2) is 9.59 Å². The van der Waals surface area contributed by atoms with E-state index in [-0.39, 0.29) is 30.2 Å². The number of alkyl carbamates (subject to hydrolysis) is 1. The number of methoxy groups -OCH3 is 2. The molecule has 1 aromatic rings. The van der Waals surface area contributed by atoms with E-state index in [1.54, 1.807) is 45.2 Å². The Morgan fingerprint density at radius 1 is 1.30 bits per heavy atom. The van der Waals surface area contributed by atoms with Gasteiger partial charge in [0.1, 0.15) is 40.7 Å². The van der Waals surface area contributed by atoms with E-state index in [2.05, 4.69) is 24.5 Å². The van der Waals surface area contributed by atoms with Crippen LogP contribution in [-0.2, 0) is 39.8 Å². The molecule has 7 unspecified atom stereocenters. The molecule has 0 saturated carbocycles. The van der Waals surface area contributed by atoms with E-state index in [1.165, 1.54) is 37.1 Å². The average molecular weight is 792 g/mol. The number of carbonyl (C=O) groups is 4. The lowest BCUT2D eigenvalue weighted by molar-refractivity contribution is -0.160. The number of carbonyl (C=O) groups excluding carboxylic acids is 4. The predicted molar refractivity (Wildman–Crippen MR) is 208 cm³/mol. The number of allylic oxidation sites excluding steroid dienone is 3. The van der Waals surface area contributed by atoms with Crippen molar-refractivity contribution in [2.75, 3.05) is 33.2 Å². The van der Waals surface area contributed by atoms with Crippen LogP contribution in [0.1, 0.15) is 65.9 Å². The number of nitrogens with one attached hydrogen (secondary N) is 1. The Hall–Kier alpha value is -3.56. The number of halogens is 1. The first-order valence-corrected chi connectivity index (χ1v) is 18.7. The molecule has 3 aliphatic heterocycles. The second-order valence-corrected chi connectivity index (χ2v) is 16.8. The van der Waals surface area contributed by atoms with Crippen LogP contribution in [0.5, 0.6) is 5.75 Å². The Morgan fingerprint density at radius 2 is 1.98 bits per heavy atom. The van der Waals surface area contributed by atoms with Gasteiger partial charge < -0.3 is 38.6 Å². The van der Waals surface area contributed by atoms with Crippen LogP contribution in [-0.4, -0.2) is 109 Å². The van der Waals surface area contributed by atoms with Gasteiger partial charge in [0.25, 0.3) is 0 Å². The molecule has 54 heavy (non-hydrogen) atoms. The summed E-state index contributed by atoms with van der Waals surface area (Å²) in [5, 5.41) is 14.5. The molecule has 2 N–H and O–H groups in total. The fourth-order valence-electron chi connectivity index (χ4n) is 6.97. The fraction of sp³-hybridized carbons (Fsp3) is 0.590. The van der Waals surface area contributed by atoms with Crippen molar-refractivity contribution in [3.05, 3.63) is 59.2 Å². The molecule has 298 valence electrons. The van der Waals surface area contributed by atoms with Gasteiger partial charge in [0.2, 0.25) is 11.8 Å². The largest absolute Gasteiger partial charge is 0.495 e. The summed E-state index contributed by atoms with van der Waals surface area (Å²) in [6, 6.07) is 2.40. The van der Waals surface area contributed by atoms with Gasteiger partial charge in [0.15, 0.2) is 5.72 Å². The summed E-state index contributed by atoms with van der Waals surface area (Å²) in [6.45, 7) is 13.0. The fourth-order valence-corrected chi connectivity index (χ4v) is 7.40. The minimum atomic E-state index is -1.84. The maximum Gasteiger partial charge on any atom is 0.409 e. The number of nitrogens with zero attached hydrogens (tertiary/aromatic N) is 2. The zero-order chi connectivity index (χ0) is 40.3. The van der Waals surface area contributed by atoms with E-state index < -0.39 is 70.4 Å². The lowest BCUT2D eigenvalue weighted by Gasteiger charge is -2.42. The molecule has 3 heterocycles. The number of benzene rings is 1. The first-order valence-electron chi connectivity index (χ1n) is 17.9. The standard InChI is InChI=1S/C39H54ClN3O10S/c1-11-25(42(7)31(44)15-16-37(4,5)54)35(46)52-30-20-32(45)43(8)26-18-24(19-27(49-9)33(26)40)17-22(2)13-12-14-29(50-10)39(48)21-28(51-36(47)41-39)23(3)34-38(30,6)53-34/h11-14,18-19,23,25,28-30,34,48,54H,1,15-17,20-21H2,2-10H3,(H,41,47)/b14-12+,22-13+/t23?,25-,28?,29?,30?,34?,38?,39?/m0/s1. The van der Waals surface area contributed by atoms with E-state index in [1.807, 2.05) is 26.8 Å². The van der Waals surface area contributed by atoms with Gasteiger partial charge in [-0.15, -0.1) is 6.58 Å². The topological polar surface area (TPSA) is 156 Å². The Bertz CT molecular complexity index is 1680. The highest BCUT2D eigenvalue weighted by molar-refractivity contribution is 7.81. The number of epoxide rings is 1. The second kappa shape index (κ2) is 17.1. The van der Waals surface area contributed by atoms with E-state index in [0.717, 1.165) is 11.1 Å². The van der Waals surface area contributed by atoms with Gasteiger partial charge >= 0.3 is 12.1 Å². The zero-order valence-corrected chi connectivity index (χ0v) is 34.2. The average Bonchev–Trinajstić information content (AvgIpc) is 3.79. The number of amides is 3. The monoisotopic (exact) mass is 791 g/mol. The number of rotatable bonds is 9. The molecule has 0 aliphatic carbocycles. The van der Waals surface area contributed by atoms with Crippen LogP contribution in [0.15, 0.2) is 48.6 Å². The molecule has 0 spiro atoms. The highest BCUT2D eigenvalue weighted by Crippen LogP contribution is 2.49. The third-order valence-electron chi connectivity index (χ3n) is 10.4. The number of fused-ring (bicyclic) bond motifs is 5. The highest BCUT2D eigenvalue weighted by Gasteiger charge is 2.64. The second-order valence-electron chi connectivity index (χ2n) is 15.2. The molecule has 0 aromatic heterocycles. The van der Waals surface area contributed by atoms with Gasteiger partial charge in [-0.3, -0.25) is 14.9 Å². The smallest absolute Gasteiger partial charge is 0.409 e. The van der Waals surface area contributed by atoms with E-state index >= 15 is 0 Å². The molecular formula is C39H54ClN3O10S. The van der Waals surface area contributed by atoms with E-state index in [0.29, 0.717) is 24.3 Å². The maximum absolute atomic E-state index is 14.2. The Labute approximate surface area is 328 Å². The Morgan fingerprint density at radius 3 is 2.59 bits per heavy atom. The van der Waals surface area contributed by atoms with Crippen molar-refractivity contribution in [2.45, 2.75) is 113 Å². The third-order valence-corrected chi connectivity index (χ3v) is 11.0. The molecule has 4 bridgehead atoms. The van der Waals surface area contributed by atoms with Crippen LogP contribution < -0.4 is 15.0 Å². The van der Waals surface area contributed by atoms with Gasteiger partial charge in [0.05, 0.1) is 25.3 Å².